The number of rotatable bonds is 2. The molecule has 1 aromatic carbocycles. The van der Waals surface area contributed by atoms with Crippen molar-refractivity contribution in [3.05, 3.63) is 34.6 Å². The molecule has 0 aliphatic carbocycles. The van der Waals surface area contributed by atoms with Crippen molar-refractivity contribution in [2.75, 3.05) is 14.1 Å². The molecule has 2 aliphatic rings. The maximum Gasteiger partial charge on any atom is 0.407 e. The Morgan fingerprint density at radius 1 is 1.38 bits per heavy atom. The number of carbonyl (C=O) groups is 2. The zero-order chi connectivity index (χ0) is 17.6. The number of urea groups is 1. The number of fused-ring (bicyclic) bond motifs is 1. The molecular formula is C14H15ClFN6O2+. The van der Waals surface area contributed by atoms with Crippen molar-refractivity contribution in [2.45, 2.75) is 12.6 Å². The number of hydrogen-bond donors (Lipinski definition) is 2. The van der Waals surface area contributed by atoms with Gasteiger partial charge in [-0.15, -0.1) is 0 Å². The Morgan fingerprint density at radius 3 is 2.71 bits per heavy atom. The van der Waals surface area contributed by atoms with Gasteiger partial charge in [0, 0.05) is 24.7 Å². The molecule has 10 heteroatoms. The monoisotopic (exact) mass is 353 g/mol. The molecule has 1 aromatic rings. The second kappa shape index (κ2) is 5.84. The predicted molar refractivity (Wildman–Crippen MR) is 84.9 cm³/mol. The highest BCUT2D eigenvalue weighted by molar-refractivity contribution is 6.31. The van der Waals surface area contributed by atoms with Crippen molar-refractivity contribution < 1.29 is 18.6 Å². The number of guanidine groups is 1. The van der Waals surface area contributed by atoms with Gasteiger partial charge in [0.2, 0.25) is 11.9 Å². The first-order valence-corrected chi connectivity index (χ1v) is 7.41. The Balaban J connectivity index is 2.05. The van der Waals surface area contributed by atoms with E-state index < -0.39 is 23.8 Å². The van der Waals surface area contributed by atoms with Crippen molar-refractivity contribution in [2.24, 2.45) is 10.8 Å². The average Bonchev–Trinajstić information content (AvgIpc) is 2.93. The van der Waals surface area contributed by atoms with Crippen LogP contribution in [0.15, 0.2) is 23.2 Å². The van der Waals surface area contributed by atoms with Crippen molar-refractivity contribution in [3.63, 3.8) is 0 Å². The van der Waals surface area contributed by atoms with Crippen LogP contribution in [0, 0.1) is 5.82 Å². The first-order valence-electron chi connectivity index (χ1n) is 7.03. The van der Waals surface area contributed by atoms with E-state index in [4.69, 9.17) is 17.4 Å². The summed E-state index contributed by atoms with van der Waals surface area (Å²) in [6.45, 7) is -0.0374. The highest BCUT2D eigenvalue weighted by Crippen LogP contribution is 2.24. The predicted octanol–water partition coefficient (Wildman–Crippen LogP) is 0.115. The van der Waals surface area contributed by atoms with Crippen molar-refractivity contribution in [1.82, 2.24) is 15.2 Å². The summed E-state index contributed by atoms with van der Waals surface area (Å²) in [7, 11) is 2.88. The first kappa shape index (κ1) is 16.3. The Morgan fingerprint density at radius 2 is 2.08 bits per heavy atom. The molecule has 0 saturated carbocycles. The van der Waals surface area contributed by atoms with Gasteiger partial charge in [-0.1, -0.05) is 22.7 Å². The van der Waals surface area contributed by atoms with Gasteiger partial charge in [0.1, 0.15) is 5.82 Å². The number of amides is 3. The number of hydrazine groups is 1. The molecule has 1 unspecified atom stereocenters. The Bertz CT molecular complexity index is 788. The fourth-order valence-electron chi connectivity index (χ4n) is 2.73. The maximum absolute atomic E-state index is 14.1. The van der Waals surface area contributed by atoms with Crippen LogP contribution in [0.25, 0.3) is 0 Å². The molecule has 2 aliphatic heterocycles. The van der Waals surface area contributed by atoms with Gasteiger partial charge in [-0.3, -0.25) is 14.6 Å². The van der Waals surface area contributed by atoms with E-state index in [0.717, 1.165) is 4.90 Å². The van der Waals surface area contributed by atoms with Gasteiger partial charge in [0.05, 0.1) is 6.54 Å². The zero-order valence-corrected chi connectivity index (χ0v) is 13.7. The minimum absolute atomic E-state index is 0.0374. The van der Waals surface area contributed by atoms with E-state index in [9.17, 15) is 14.0 Å². The number of halogens is 2. The number of imide groups is 1. The molecule has 0 aromatic heterocycles. The Kier molecular flexibility index (Phi) is 3.98. The summed E-state index contributed by atoms with van der Waals surface area (Å²) in [6.07, 6.45) is 0. The SMILES string of the molecule is CN1C(=O)C2C(=NC(NN)=[N+]2Cc2c(F)cccc2Cl)N(C)C1=O. The standard InChI is InChI=1S/C14H14ClFN6O2/c1-20-11-10(12(23)21(2)14(20)24)22(13(18-11)19-17)6-7-8(15)4-3-5-9(7)16/h3-5,10H,6,17H2,1-2H3/p+1. The third-order valence-electron chi connectivity index (χ3n) is 4.05. The number of hydrogen-bond acceptors (Lipinski definition) is 5. The molecular weight excluding hydrogens is 339 g/mol. The van der Waals surface area contributed by atoms with E-state index in [2.05, 4.69) is 10.4 Å². The maximum atomic E-state index is 14.1. The van der Waals surface area contributed by atoms with Crippen LogP contribution in [0.3, 0.4) is 0 Å². The molecule has 1 saturated heterocycles. The molecule has 0 bridgehead atoms. The van der Waals surface area contributed by atoms with Gasteiger partial charge in [-0.2, -0.15) is 5.84 Å². The van der Waals surface area contributed by atoms with Crippen LogP contribution in [-0.4, -0.2) is 58.2 Å². The van der Waals surface area contributed by atoms with Crippen molar-refractivity contribution in [3.8, 4) is 0 Å². The summed E-state index contributed by atoms with van der Waals surface area (Å²) in [4.78, 5) is 31.0. The smallest absolute Gasteiger partial charge is 0.270 e. The van der Waals surface area contributed by atoms with Crippen LogP contribution >= 0.6 is 11.6 Å². The fraction of sp³-hybridized carbons (Fsp3) is 0.286. The van der Waals surface area contributed by atoms with E-state index >= 15 is 0 Å². The third-order valence-corrected chi connectivity index (χ3v) is 4.40. The lowest BCUT2D eigenvalue weighted by Gasteiger charge is -2.31. The number of nitrogens with zero attached hydrogens (tertiary/aromatic N) is 4. The molecule has 1 fully saturated rings. The summed E-state index contributed by atoms with van der Waals surface area (Å²) >= 11 is 6.07. The van der Waals surface area contributed by atoms with Crippen molar-refractivity contribution in [1.29, 1.82) is 0 Å². The minimum Gasteiger partial charge on any atom is -0.270 e. The molecule has 2 heterocycles. The van der Waals surface area contributed by atoms with Gasteiger partial charge in [-0.05, 0) is 12.1 Å². The van der Waals surface area contributed by atoms with E-state index in [1.54, 1.807) is 6.07 Å². The Hall–Kier alpha value is -2.52. The van der Waals surface area contributed by atoms with E-state index in [0.29, 0.717) is 0 Å². The molecule has 8 nitrogen and oxygen atoms in total. The highest BCUT2D eigenvalue weighted by atomic mass is 35.5. The second-order valence-electron chi connectivity index (χ2n) is 5.41. The number of nitrogens with two attached hydrogens (primary N) is 1. The average molecular weight is 354 g/mol. The van der Waals surface area contributed by atoms with E-state index in [1.807, 2.05) is 0 Å². The summed E-state index contributed by atoms with van der Waals surface area (Å²) < 4.78 is 15.6. The number of likely N-dealkylation sites (N-methyl/N-ethyl adjacent to an activating group) is 2. The molecule has 0 radical (unpaired) electrons. The first-order chi connectivity index (χ1) is 11.4. The lowest BCUT2D eigenvalue weighted by molar-refractivity contribution is -0.553. The Labute approximate surface area is 142 Å². The molecule has 1 atom stereocenters. The quantitative estimate of drug-likeness (QED) is 0.448. The summed E-state index contributed by atoms with van der Waals surface area (Å²) in [5, 5.41) is 0.223. The van der Waals surface area contributed by atoms with Crippen LogP contribution in [-0.2, 0) is 11.3 Å². The van der Waals surface area contributed by atoms with E-state index in [1.165, 1.54) is 35.7 Å². The van der Waals surface area contributed by atoms with Gasteiger partial charge < -0.3 is 0 Å². The summed E-state index contributed by atoms with van der Waals surface area (Å²) in [6, 6.07) is 2.93. The number of aliphatic imine (C=N–C) groups is 1. The highest BCUT2D eigenvalue weighted by Gasteiger charge is 2.51. The van der Waals surface area contributed by atoms with Crippen LogP contribution in [0.1, 0.15) is 5.56 Å². The molecule has 3 amide bonds. The lowest BCUT2D eigenvalue weighted by atomic mass is 10.1. The molecule has 0 spiro atoms. The summed E-state index contributed by atoms with van der Waals surface area (Å²) in [5.74, 6) is 4.87. The van der Waals surface area contributed by atoms with Gasteiger partial charge in [0.15, 0.2) is 0 Å². The summed E-state index contributed by atoms with van der Waals surface area (Å²) in [5.41, 5.74) is 2.59. The van der Waals surface area contributed by atoms with Crippen LogP contribution in [0.2, 0.25) is 5.02 Å². The fourth-order valence-corrected chi connectivity index (χ4v) is 2.96. The second-order valence-corrected chi connectivity index (χ2v) is 5.81. The molecule has 126 valence electrons. The topological polar surface area (TPSA) is 94.0 Å². The van der Waals surface area contributed by atoms with Crippen LogP contribution in [0.4, 0.5) is 9.18 Å². The van der Waals surface area contributed by atoms with Crippen LogP contribution < -0.4 is 11.3 Å². The number of carbonyl (C=O) groups excluding carboxylic acids is 2. The molecule has 3 rings (SSSR count). The van der Waals surface area contributed by atoms with Gasteiger partial charge in [-0.25, -0.2) is 19.2 Å². The van der Waals surface area contributed by atoms with E-state index in [-0.39, 0.29) is 28.9 Å². The number of amidine groups is 1. The number of nitrogens with one attached hydrogen (secondary N) is 1. The zero-order valence-electron chi connectivity index (χ0n) is 13.0. The largest absolute Gasteiger partial charge is 0.407 e. The van der Waals surface area contributed by atoms with Gasteiger partial charge in [0.25, 0.3) is 5.91 Å². The van der Waals surface area contributed by atoms with Crippen molar-refractivity contribution >= 4 is 35.3 Å². The third kappa shape index (κ3) is 2.33. The normalized spacial score (nSPS) is 20.5. The number of benzene rings is 1. The minimum atomic E-state index is -0.889. The van der Waals surface area contributed by atoms with Gasteiger partial charge >= 0.3 is 12.0 Å². The van der Waals surface area contributed by atoms with Crippen LogP contribution in [0.5, 0.6) is 0 Å². The molecule has 3 N–H and O–H groups in total. The lowest BCUT2D eigenvalue weighted by Crippen LogP contribution is -2.61. The molecule has 24 heavy (non-hydrogen) atoms.